The van der Waals surface area contributed by atoms with Gasteiger partial charge in [0, 0.05) is 47.4 Å². The SMILES string of the molecule is N=CC(C=N)NC(=O)c1ccc2cc3n(c2c1)CC1(CCC1)CNC3=O. The van der Waals surface area contributed by atoms with E-state index in [4.69, 9.17) is 10.8 Å². The molecule has 7 heteroatoms. The lowest BCUT2D eigenvalue weighted by molar-refractivity contribution is 0.0878. The van der Waals surface area contributed by atoms with Gasteiger partial charge < -0.3 is 26.0 Å². The van der Waals surface area contributed by atoms with Crippen molar-refractivity contribution < 1.29 is 9.59 Å². The number of aromatic nitrogens is 1. The van der Waals surface area contributed by atoms with Gasteiger partial charge in [0.2, 0.25) is 0 Å². The van der Waals surface area contributed by atoms with Crippen LogP contribution in [0.4, 0.5) is 0 Å². The molecule has 2 heterocycles. The van der Waals surface area contributed by atoms with Crippen molar-refractivity contribution >= 4 is 35.1 Å². The molecule has 1 fully saturated rings. The van der Waals surface area contributed by atoms with Crippen molar-refractivity contribution in [2.75, 3.05) is 6.54 Å². The summed E-state index contributed by atoms with van der Waals surface area (Å²) < 4.78 is 2.04. The second kappa shape index (κ2) is 6.09. The van der Waals surface area contributed by atoms with Gasteiger partial charge in [-0.15, -0.1) is 0 Å². The maximum Gasteiger partial charge on any atom is 0.267 e. The van der Waals surface area contributed by atoms with Gasteiger partial charge in [-0.2, -0.15) is 0 Å². The van der Waals surface area contributed by atoms with E-state index in [-0.39, 0.29) is 17.2 Å². The van der Waals surface area contributed by atoms with Gasteiger partial charge in [-0.05, 0) is 31.0 Å². The Morgan fingerprint density at radius 3 is 2.69 bits per heavy atom. The standard InChI is InChI=1S/C19H21N5O2/c20-8-14(9-21)23-17(25)13-3-2-12-6-16-18(26)22-10-19(4-1-5-19)11-24(16)15(12)7-13/h2-3,6-9,14,20-21H,1,4-5,10-11H2,(H,22,26)(H,23,25). The molecular weight excluding hydrogens is 330 g/mol. The van der Waals surface area contributed by atoms with Gasteiger partial charge in [0.15, 0.2) is 0 Å². The topological polar surface area (TPSA) is 111 Å². The zero-order valence-corrected chi connectivity index (χ0v) is 14.3. The molecule has 1 aliphatic carbocycles. The van der Waals surface area contributed by atoms with E-state index in [1.54, 1.807) is 12.1 Å². The molecule has 4 N–H and O–H groups in total. The molecule has 134 valence electrons. The van der Waals surface area contributed by atoms with Crippen molar-refractivity contribution in [3.8, 4) is 0 Å². The predicted molar refractivity (Wildman–Crippen MR) is 99.4 cm³/mol. The summed E-state index contributed by atoms with van der Waals surface area (Å²) in [7, 11) is 0. The number of carbonyl (C=O) groups is 2. The summed E-state index contributed by atoms with van der Waals surface area (Å²) in [6, 6.07) is 6.51. The van der Waals surface area contributed by atoms with E-state index in [2.05, 4.69) is 10.6 Å². The van der Waals surface area contributed by atoms with Crippen molar-refractivity contribution in [3.63, 3.8) is 0 Å². The normalized spacial score (nSPS) is 19.0. The number of fused-ring (bicyclic) bond motifs is 3. The predicted octanol–water partition coefficient (Wildman–Crippen LogP) is 1.95. The summed E-state index contributed by atoms with van der Waals surface area (Å²) in [4.78, 5) is 24.9. The second-order valence-electron chi connectivity index (χ2n) is 7.26. The van der Waals surface area contributed by atoms with Crippen LogP contribution in [-0.4, -0.2) is 41.4 Å². The molecule has 1 aromatic heterocycles. The Hall–Kier alpha value is -2.96. The largest absolute Gasteiger partial charge is 0.350 e. The number of benzene rings is 1. The molecule has 0 bridgehead atoms. The minimum absolute atomic E-state index is 0.0661. The second-order valence-corrected chi connectivity index (χ2v) is 7.26. The first-order chi connectivity index (χ1) is 12.5. The highest BCUT2D eigenvalue weighted by atomic mass is 16.2. The number of nitrogens with one attached hydrogen (secondary N) is 4. The number of hydrogen-bond acceptors (Lipinski definition) is 4. The summed E-state index contributed by atoms with van der Waals surface area (Å²) in [6.07, 6.45) is 5.42. The Balaban J connectivity index is 1.74. The lowest BCUT2D eigenvalue weighted by Crippen LogP contribution is -2.41. The number of nitrogens with zero attached hydrogens (tertiary/aromatic N) is 1. The molecule has 0 radical (unpaired) electrons. The van der Waals surface area contributed by atoms with E-state index in [0.29, 0.717) is 17.8 Å². The third-order valence-electron chi connectivity index (χ3n) is 5.59. The van der Waals surface area contributed by atoms with Gasteiger partial charge >= 0.3 is 0 Å². The Kier molecular flexibility index (Phi) is 3.86. The smallest absolute Gasteiger partial charge is 0.267 e. The minimum atomic E-state index is -0.716. The van der Waals surface area contributed by atoms with Crippen LogP contribution >= 0.6 is 0 Å². The summed E-state index contributed by atoms with van der Waals surface area (Å²) in [5.74, 6) is -0.403. The summed E-state index contributed by atoms with van der Waals surface area (Å²) in [5, 5.41) is 21.0. The Bertz CT molecular complexity index is 917. The average molecular weight is 351 g/mol. The minimum Gasteiger partial charge on any atom is -0.350 e. The summed E-state index contributed by atoms with van der Waals surface area (Å²) in [6.45, 7) is 1.48. The lowest BCUT2D eigenvalue weighted by atomic mass is 9.68. The molecule has 0 saturated heterocycles. The number of rotatable bonds is 4. The van der Waals surface area contributed by atoms with E-state index < -0.39 is 6.04 Å². The highest BCUT2D eigenvalue weighted by molar-refractivity contribution is 6.04. The van der Waals surface area contributed by atoms with Crippen molar-refractivity contribution in [1.29, 1.82) is 10.8 Å². The van der Waals surface area contributed by atoms with Crippen LogP contribution in [0.15, 0.2) is 24.3 Å². The average Bonchev–Trinajstić information content (AvgIpc) is 2.91. The van der Waals surface area contributed by atoms with Crippen LogP contribution in [0.25, 0.3) is 10.9 Å². The van der Waals surface area contributed by atoms with E-state index in [1.807, 2.05) is 16.7 Å². The Morgan fingerprint density at radius 1 is 1.27 bits per heavy atom. The molecule has 1 aromatic carbocycles. The maximum atomic E-state index is 12.5. The van der Waals surface area contributed by atoms with E-state index >= 15 is 0 Å². The highest BCUT2D eigenvalue weighted by Crippen LogP contribution is 2.44. The van der Waals surface area contributed by atoms with Crippen LogP contribution in [0.2, 0.25) is 0 Å². The first-order valence-corrected chi connectivity index (χ1v) is 8.79. The van der Waals surface area contributed by atoms with Gasteiger partial charge in [-0.3, -0.25) is 9.59 Å². The number of hydrogen-bond donors (Lipinski definition) is 4. The fraction of sp³-hybridized carbons (Fsp3) is 0.368. The monoisotopic (exact) mass is 351 g/mol. The highest BCUT2D eigenvalue weighted by Gasteiger charge is 2.40. The lowest BCUT2D eigenvalue weighted by Gasteiger charge is -2.41. The van der Waals surface area contributed by atoms with Gasteiger partial charge in [0.05, 0.1) is 6.04 Å². The van der Waals surface area contributed by atoms with Crippen LogP contribution in [0.1, 0.15) is 40.1 Å². The van der Waals surface area contributed by atoms with Crippen LogP contribution < -0.4 is 10.6 Å². The molecule has 2 aromatic rings. The quantitative estimate of drug-likeness (QED) is 0.631. The molecule has 7 nitrogen and oxygen atoms in total. The van der Waals surface area contributed by atoms with Gasteiger partial charge in [0.25, 0.3) is 11.8 Å². The molecule has 26 heavy (non-hydrogen) atoms. The van der Waals surface area contributed by atoms with Crippen molar-refractivity contribution in [3.05, 3.63) is 35.5 Å². The van der Waals surface area contributed by atoms with Crippen molar-refractivity contribution in [2.24, 2.45) is 5.41 Å². The molecule has 1 spiro atoms. The molecule has 1 aliphatic heterocycles. The van der Waals surface area contributed by atoms with Gasteiger partial charge in [0.1, 0.15) is 5.69 Å². The Labute approximate surface area is 150 Å². The third-order valence-corrected chi connectivity index (χ3v) is 5.59. The molecule has 0 atom stereocenters. The van der Waals surface area contributed by atoms with Crippen molar-refractivity contribution in [1.82, 2.24) is 15.2 Å². The van der Waals surface area contributed by atoms with Crippen LogP contribution in [-0.2, 0) is 6.54 Å². The van der Waals surface area contributed by atoms with E-state index in [0.717, 1.165) is 42.7 Å². The summed E-state index contributed by atoms with van der Waals surface area (Å²) in [5.41, 5.74) is 2.09. The maximum absolute atomic E-state index is 12.5. The van der Waals surface area contributed by atoms with Gasteiger partial charge in [-0.1, -0.05) is 12.5 Å². The third kappa shape index (κ3) is 2.60. The molecule has 2 aliphatic rings. The molecule has 1 saturated carbocycles. The van der Waals surface area contributed by atoms with Crippen molar-refractivity contribution in [2.45, 2.75) is 31.8 Å². The number of amides is 2. The van der Waals surface area contributed by atoms with Crippen LogP contribution in [0.3, 0.4) is 0 Å². The van der Waals surface area contributed by atoms with Crippen LogP contribution in [0, 0.1) is 16.2 Å². The fourth-order valence-corrected chi connectivity index (χ4v) is 3.88. The number of carbonyl (C=O) groups excluding carboxylic acids is 2. The molecular formula is C19H21N5O2. The first-order valence-electron chi connectivity index (χ1n) is 8.79. The molecule has 4 rings (SSSR count). The first kappa shape index (κ1) is 16.5. The summed E-state index contributed by atoms with van der Waals surface area (Å²) >= 11 is 0. The molecule has 2 amide bonds. The van der Waals surface area contributed by atoms with E-state index in [1.165, 1.54) is 6.42 Å². The molecule has 0 unspecified atom stereocenters. The Morgan fingerprint density at radius 2 is 2.04 bits per heavy atom. The zero-order valence-electron chi connectivity index (χ0n) is 14.3. The van der Waals surface area contributed by atoms with E-state index in [9.17, 15) is 9.59 Å². The van der Waals surface area contributed by atoms with Gasteiger partial charge in [-0.25, -0.2) is 0 Å². The zero-order chi connectivity index (χ0) is 18.3. The fourth-order valence-electron chi connectivity index (χ4n) is 3.88. The van der Waals surface area contributed by atoms with Crippen LogP contribution in [0.5, 0.6) is 0 Å².